The van der Waals surface area contributed by atoms with E-state index < -0.39 is 0 Å². The van der Waals surface area contributed by atoms with E-state index in [1.54, 1.807) is 15.3 Å². The van der Waals surface area contributed by atoms with Crippen LogP contribution in [0.2, 0.25) is 0 Å². The number of pyridine rings is 1. The second-order valence-electron chi connectivity index (χ2n) is 5.29. The summed E-state index contributed by atoms with van der Waals surface area (Å²) in [4.78, 5) is 14.5. The van der Waals surface area contributed by atoms with Crippen LogP contribution in [0, 0.1) is 0 Å². The zero-order valence-electron chi connectivity index (χ0n) is 12.7. The standard InChI is InChI=1S/C17H20N4O/c1-2-19(14-15-8-4-3-5-9-15)12-13-21-17(22)20-11-7-6-10-16(20)18-21/h3-11H,2,12-14H2,1H3. The number of hydrogen-bond acceptors (Lipinski definition) is 3. The van der Waals surface area contributed by atoms with Crippen molar-refractivity contribution in [2.45, 2.75) is 20.0 Å². The lowest BCUT2D eigenvalue weighted by molar-refractivity contribution is 0.262. The molecule has 0 unspecified atom stereocenters. The van der Waals surface area contributed by atoms with Crippen molar-refractivity contribution in [3.05, 3.63) is 70.8 Å². The molecular weight excluding hydrogens is 276 g/mol. The molecule has 0 aliphatic carbocycles. The van der Waals surface area contributed by atoms with Gasteiger partial charge in [0.1, 0.15) is 0 Å². The van der Waals surface area contributed by atoms with Gasteiger partial charge in [-0.1, -0.05) is 43.3 Å². The maximum Gasteiger partial charge on any atom is 0.350 e. The molecule has 0 aliphatic rings. The van der Waals surface area contributed by atoms with Crippen molar-refractivity contribution < 1.29 is 0 Å². The Kier molecular flexibility index (Phi) is 4.34. The van der Waals surface area contributed by atoms with Crippen LogP contribution in [0.15, 0.2) is 59.5 Å². The molecule has 5 nitrogen and oxygen atoms in total. The zero-order valence-corrected chi connectivity index (χ0v) is 12.7. The summed E-state index contributed by atoms with van der Waals surface area (Å²) in [5.74, 6) is 0. The average Bonchev–Trinajstić information content (AvgIpc) is 2.89. The summed E-state index contributed by atoms with van der Waals surface area (Å²) in [5.41, 5.74) is 1.90. The molecule has 3 aromatic rings. The minimum atomic E-state index is -0.0774. The van der Waals surface area contributed by atoms with Crippen LogP contribution < -0.4 is 5.69 Å². The Hall–Kier alpha value is -2.40. The lowest BCUT2D eigenvalue weighted by Gasteiger charge is -2.20. The smallest absolute Gasteiger partial charge is 0.298 e. The minimum absolute atomic E-state index is 0.0774. The maximum absolute atomic E-state index is 12.2. The van der Waals surface area contributed by atoms with Gasteiger partial charge in [0.05, 0.1) is 6.54 Å². The molecule has 0 bridgehead atoms. The van der Waals surface area contributed by atoms with Gasteiger partial charge in [0.15, 0.2) is 5.65 Å². The molecule has 0 radical (unpaired) electrons. The summed E-state index contributed by atoms with van der Waals surface area (Å²) >= 11 is 0. The molecule has 0 N–H and O–H groups in total. The molecule has 2 aromatic heterocycles. The minimum Gasteiger partial charge on any atom is -0.298 e. The van der Waals surface area contributed by atoms with E-state index in [0.717, 1.165) is 19.6 Å². The van der Waals surface area contributed by atoms with Crippen molar-refractivity contribution in [3.63, 3.8) is 0 Å². The fraction of sp³-hybridized carbons (Fsp3) is 0.294. The van der Waals surface area contributed by atoms with E-state index in [4.69, 9.17) is 0 Å². The van der Waals surface area contributed by atoms with Crippen LogP contribution in [0.25, 0.3) is 5.65 Å². The molecule has 2 heterocycles. The predicted octanol–water partition coefficient (Wildman–Crippen LogP) is 2.02. The van der Waals surface area contributed by atoms with Gasteiger partial charge in [-0.25, -0.2) is 9.48 Å². The second-order valence-corrected chi connectivity index (χ2v) is 5.29. The first kappa shape index (κ1) is 14.5. The van der Waals surface area contributed by atoms with Gasteiger partial charge in [-0.05, 0) is 24.2 Å². The third kappa shape index (κ3) is 3.09. The first-order chi connectivity index (χ1) is 10.8. The summed E-state index contributed by atoms with van der Waals surface area (Å²) in [5, 5.41) is 4.37. The number of benzene rings is 1. The maximum atomic E-state index is 12.2. The molecule has 3 rings (SSSR count). The SMILES string of the molecule is CCN(CCn1nc2ccccn2c1=O)Cc1ccccc1. The normalized spacial score (nSPS) is 11.4. The lowest BCUT2D eigenvalue weighted by atomic mass is 10.2. The highest BCUT2D eigenvalue weighted by atomic mass is 16.2. The number of likely N-dealkylation sites (N-methyl/N-ethyl adjacent to an activating group) is 1. The van der Waals surface area contributed by atoms with Gasteiger partial charge in [-0.2, -0.15) is 0 Å². The molecule has 0 saturated carbocycles. The summed E-state index contributed by atoms with van der Waals surface area (Å²) in [7, 11) is 0. The fourth-order valence-corrected chi connectivity index (χ4v) is 2.54. The van der Waals surface area contributed by atoms with Crippen molar-refractivity contribution in [3.8, 4) is 0 Å². The van der Waals surface area contributed by atoms with Crippen molar-refractivity contribution >= 4 is 5.65 Å². The van der Waals surface area contributed by atoms with E-state index in [2.05, 4.69) is 41.2 Å². The highest BCUT2D eigenvalue weighted by molar-refractivity contribution is 5.35. The van der Waals surface area contributed by atoms with Gasteiger partial charge in [0, 0.05) is 19.3 Å². The van der Waals surface area contributed by atoms with Crippen molar-refractivity contribution in [2.75, 3.05) is 13.1 Å². The van der Waals surface area contributed by atoms with Gasteiger partial charge in [0.25, 0.3) is 0 Å². The Morgan fingerprint density at radius 2 is 1.86 bits per heavy atom. The Balaban J connectivity index is 1.69. The third-order valence-corrected chi connectivity index (χ3v) is 3.81. The van der Waals surface area contributed by atoms with Crippen molar-refractivity contribution in [2.24, 2.45) is 0 Å². The number of rotatable bonds is 6. The number of fused-ring (bicyclic) bond motifs is 1. The molecule has 0 fully saturated rings. The van der Waals surface area contributed by atoms with Gasteiger partial charge in [-0.3, -0.25) is 9.30 Å². The van der Waals surface area contributed by atoms with Crippen LogP contribution in [0.5, 0.6) is 0 Å². The van der Waals surface area contributed by atoms with Gasteiger partial charge in [0.2, 0.25) is 0 Å². The van der Waals surface area contributed by atoms with Gasteiger partial charge < -0.3 is 0 Å². The van der Waals surface area contributed by atoms with Crippen LogP contribution in [0.3, 0.4) is 0 Å². The van der Waals surface area contributed by atoms with Crippen molar-refractivity contribution in [1.29, 1.82) is 0 Å². The van der Waals surface area contributed by atoms with Crippen LogP contribution in [0.4, 0.5) is 0 Å². The second kappa shape index (κ2) is 6.58. The molecule has 114 valence electrons. The molecule has 0 spiro atoms. The van der Waals surface area contributed by atoms with E-state index >= 15 is 0 Å². The molecule has 0 atom stereocenters. The summed E-state index contributed by atoms with van der Waals surface area (Å²) in [6.07, 6.45) is 1.75. The first-order valence-corrected chi connectivity index (χ1v) is 7.58. The average molecular weight is 296 g/mol. The van der Waals surface area contributed by atoms with E-state index in [1.165, 1.54) is 5.56 Å². The monoisotopic (exact) mass is 296 g/mol. The van der Waals surface area contributed by atoms with Crippen LogP contribution in [-0.2, 0) is 13.1 Å². The number of aromatic nitrogens is 3. The van der Waals surface area contributed by atoms with Gasteiger partial charge in [-0.15, -0.1) is 5.10 Å². The van der Waals surface area contributed by atoms with Crippen LogP contribution in [0.1, 0.15) is 12.5 Å². The van der Waals surface area contributed by atoms with Crippen LogP contribution >= 0.6 is 0 Å². The fourth-order valence-electron chi connectivity index (χ4n) is 2.54. The largest absolute Gasteiger partial charge is 0.350 e. The molecule has 1 aromatic carbocycles. The Morgan fingerprint density at radius 3 is 2.59 bits per heavy atom. The van der Waals surface area contributed by atoms with E-state index in [-0.39, 0.29) is 5.69 Å². The van der Waals surface area contributed by atoms with E-state index in [1.807, 2.05) is 24.3 Å². The first-order valence-electron chi connectivity index (χ1n) is 7.58. The van der Waals surface area contributed by atoms with E-state index in [9.17, 15) is 4.79 Å². The van der Waals surface area contributed by atoms with Crippen LogP contribution in [-0.4, -0.2) is 32.2 Å². The number of hydrogen-bond donors (Lipinski definition) is 0. The molecule has 22 heavy (non-hydrogen) atoms. The predicted molar refractivity (Wildman–Crippen MR) is 86.8 cm³/mol. The molecule has 5 heteroatoms. The number of nitrogens with zero attached hydrogens (tertiary/aromatic N) is 4. The van der Waals surface area contributed by atoms with Gasteiger partial charge >= 0.3 is 5.69 Å². The molecule has 0 saturated heterocycles. The summed E-state index contributed by atoms with van der Waals surface area (Å²) in [6.45, 7) is 5.36. The Morgan fingerprint density at radius 1 is 1.09 bits per heavy atom. The van der Waals surface area contributed by atoms with E-state index in [0.29, 0.717) is 12.2 Å². The quantitative estimate of drug-likeness (QED) is 0.699. The molecule has 0 aliphatic heterocycles. The third-order valence-electron chi connectivity index (χ3n) is 3.81. The Labute approximate surface area is 129 Å². The summed E-state index contributed by atoms with van der Waals surface area (Å²) in [6, 6.07) is 16.0. The Bertz CT molecular complexity index is 791. The topological polar surface area (TPSA) is 42.5 Å². The van der Waals surface area contributed by atoms with Crippen molar-refractivity contribution in [1.82, 2.24) is 19.1 Å². The lowest BCUT2D eigenvalue weighted by Crippen LogP contribution is -2.31. The highest BCUT2D eigenvalue weighted by Crippen LogP contribution is 2.04. The summed E-state index contributed by atoms with van der Waals surface area (Å²) < 4.78 is 3.12. The molecule has 0 amide bonds. The zero-order chi connectivity index (χ0) is 15.4. The highest BCUT2D eigenvalue weighted by Gasteiger charge is 2.08. The molecular formula is C17H20N4O.